The van der Waals surface area contributed by atoms with Gasteiger partial charge in [-0.25, -0.2) is 4.39 Å². The highest BCUT2D eigenvalue weighted by Crippen LogP contribution is 2.60. The van der Waals surface area contributed by atoms with Gasteiger partial charge in [0.25, 0.3) is 0 Å². The molecule has 7 heteroatoms. The summed E-state index contributed by atoms with van der Waals surface area (Å²) < 4.78 is 18.3. The molecule has 0 atom stereocenters. The Kier molecular flexibility index (Phi) is 3.23. The van der Waals surface area contributed by atoms with Gasteiger partial charge < -0.3 is 14.3 Å². The van der Waals surface area contributed by atoms with Crippen LogP contribution in [0.2, 0.25) is 0 Å². The molecule has 134 valence electrons. The molecule has 1 aromatic heterocycles. The van der Waals surface area contributed by atoms with Crippen LogP contribution in [0.15, 0.2) is 34.9 Å². The number of halogens is 1. The van der Waals surface area contributed by atoms with Crippen LogP contribution >= 0.6 is 0 Å². The molecule has 1 saturated heterocycles. The van der Waals surface area contributed by atoms with Crippen LogP contribution in [0.1, 0.15) is 25.0 Å². The first-order valence-corrected chi connectivity index (χ1v) is 8.86. The minimum absolute atomic E-state index is 0.0207. The van der Waals surface area contributed by atoms with Gasteiger partial charge in [-0.3, -0.25) is 9.59 Å². The summed E-state index contributed by atoms with van der Waals surface area (Å²) in [6.07, 6.45) is 3.16. The van der Waals surface area contributed by atoms with Crippen molar-refractivity contribution in [1.29, 1.82) is 0 Å². The predicted octanol–water partition coefficient (Wildman–Crippen LogP) is 2.20. The average Bonchev–Trinajstić information content (AvgIpc) is 3.01. The Labute approximate surface area is 149 Å². The summed E-state index contributed by atoms with van der Waals surface area (Å²) in [6.45, 7) is 1.33. The van der Waals surface area contributed by atoms with Crippen molar-refractivity contribution in [3.63, 3.8) is 0 Å². The van der Waals surface area contributed by atoms with E-state index in [0.29, 0.717) is 30.1 Å². The molecule has 6 rings (SSSR count). The van der Waals surface area contributed by atoms with E-state index < -0.39 is 11.8 Å². The van der Waals surface area contributed by atoms with E-state index in [1.54, 1.807) is 23.1 Å². The van der Waals surface area contributed by atoms with Gasteiger partial charge in [-0.15, -0.1) is 0 Å². The Morgan fingerprint density at radius 2 is 1.85 bits per heavy atom. The van der Waals surface area contributed by atoms with Gasteiger partial charge in [-0.1, -0.05) is 5.16 Å². The zero-order valence-electron chi connectivity index (χ0n) is 14.2. The molecule has 0 N–H and O–H groups in total. The average molecular weight is 355 g/mol. The fourth-order valence-electron chi connectivity index (χ4n) is 4.37. The van der Waals surface area contributed by atoms with E-state index in [4.69, 9.17) is 4.52 Å². The molecular weight excluding hydrogens is 337 g/mol. The third kappa shape index (κ3) is 2.26. The van der Waals surface area contributed by atoms with Crippen molar-refractivity contribution in [2.75, 3.05) is 13.1 Å². The van der Waals surface area contributed by atoms with Crippen molar-refractivity contribution < 1.29 is 18.5 Å². The van der Waals surface area contributed by atoms with Gasteiger partial charge in [0.15, 0.2) is 5.76 Å². The summed E-state index contributed by atoms with van der Waals surface area (Å²) in [4.78, 5) is 28.3. The van der Waals surface area contributed by atoms with Crippen LogP contribution in [0.25, 0.3) is 11.3 Å². The van der Waals surface area contributed by atoms with Crippen LogP contribution in [-0.2, 0) is 16.1 Å². The monoisotopic (exact) mass is 355 g/mol. The fourth-order valence-corrected chi connectivity index (χ4v) is 4.37. The molecule has 0 unspecified atom stereocenters. The van der Waals surface area contributed by atoms with E-state index in [1.165, 1.54) is 17.0 Å². The zero-order chi connectivity index (χ0) is 17.9. The minimum Gasteiger partial charge on any atom is -0.356 e. The molecule has 2 heterocycles. The zero-order valence-corrected chi connectivity index (χ0v) is 14.2. The first-order valence-electron chi connectivity index (χ1n) is 8.86. The summed E-state index contributed by atoms with van der Waals surface area (Å²) in [5.74, 6) is 0.0883. The number of aromatic nitrogens is 1. The van der Waals surface area contributed by atoms with Crippen LogP contribution in [0, 0.1) is 11.7 Å². The Morgan fingerprint density at radius 1 is 1.12 bits per heavy atom. The second-order valence-corrected chi connectivity index (χ2v) is 7.58. The van der Waals surface area contributed by atoms with Crippen molar-refractivity contribution >= 4 is 11.8 Å². The maximum atomic E-state index is 13.0. The molecule has 2 aromatic rings. The molecule has 0 spiro atoms. The van der Waals surface area contributed by atoms with Gasteiger partial charge in [-0.05, 0) is 49.4 Å². The van der Waals surface area contributed by atoms with Crippen molar-refractivity contribution in [1.82, 2.24) is 15.0 Å². The number of amides is 2. The lowest BCUT2D eigenvalue weighted by atomic mass is 9.49. The third-order valence-corrected chi connectivity index (χ3v) is 5.93. The van der Waals surface area contributed by atoms with Gasteiger partial charge in [-0.2, -0.15) is 0 Å². The van der Waals surface area contributed by atoms with Gasteiger partial charge in [0.1, 0.15) is 11.5 Å². The molecule has 1 aromatic carbocycles. The van der Waals surface area contributed by atoms with E-state index in [-0.39, 0.29) is 17.9 Å². The van der Waals surface area contributed by atoms with E-state index in [2.05, 4.69) is 5.16 Å². The van der Waals surface area contributed by atoms with Crippen LogP contribution in [0.5, 0.6) is 0 Å². The maximum Gasteiger partial charge on any atom is 0.312 e. The van der Waals surface area contributed by atoms with Gasteiger partial charge >= 0.3 is 11.8 Å². The van der Waals surface area contributed by atoms with Crippen LogP contribution in [-0.4, -0.2) is 45.4 Å². The molecule has 4 aliphatic rings. The number of hydrogen-bond acceptors (Lipinski definition) is 4. The predicted molar refractivity (Wildman–Crippen MR) is 89.1 cm³/mol. The summed E-state index contributed by atoms with van der Waals surface area (Å²) >= 11 is 0. The highest BCUT2D eigenvalue weighted by atomic mass is 19.1. The Balaban J connectivity index is 1.27. The normalized spacial score (nSPS) is 27.3. The quantitative estimate of drug-likeness (QED) is 0.789. The van der Waals surface area contributed by atoms with Crippen LogP contribution < -0.4 is 0 Å². The van der Waals surface area contributed by atoms with Crippen LogP contribution in [0.3, 0.4) is 0 Å². The largest absolute Gasteiger partial charge is 0.356 e. The van der Waals surface area contributed by atoms with Crippen molar-refractivity contribution in [2.24, 2.45) is 5.92 Å². The summed E-state index contributed by atoms with van der Waals surface area (Å²) in [5, 5.41) is 3.98. The molecule has 4 fully saturated rings. The highest BCUT2D eigenvalue weighted by molar-refractivity contribution is 6.35. The lowest BCUT2D eigenvalue weighted by molar-refractivity contribution is -0.186. The second-order valence-electron chi connectivity index (χ2n) is 7.58. The number of carbonyl (C=O) groups is 2. The van der Waals surface area contributed by atoms with Crippen molar-refractivity contribution in [3.8, 4) is 11.3 Å². The molecule has 3 aliphatic carbocycles. The van der Waals surface area contributed by atoms with Gasteiger partial charge in [0.2, 0.25) is 0 Å². The fraction of sp³-hybridized carbons (Fsp3) is 0.421. The van der Waals surface area contributed by atoms with E-state index >= 15 is 0 Å². The topological polar surface area (TPSA) is 66.7 Å². The molecular formula is C19H18FN3O3. The first-order chi connectivity index (χ1) is 12.5. The number of piperazine rings is 1. The molecule has 26 heavy (non-hydrogen) atoms. The van der Waals surface area contributed by atoms with Crippen molar-refractivity contribution in [2.45, 2.75) is 31.3 Å². The molecule has 2 bridgehead atoms. The van der Waals surface area contributed by atoms with Crippen molar-refractivity contribution in [3.05, 3.63) is 41.8 Å². The van der Waals surface area contributed by atoms with E-state index in [1.807, 2.05) is 0 Å². The standard InChI is InChI=1S/C19H18FN3O3/c20-14-3-1-13(2-4-14)16-7-15(21-26-16)11-22-5-6-23(18(25)17(22)24)19-8-12(9-19)10-19/h1-4,7,12H,5-6,8-11H2. The lowest BCUT2D eigenvalue weighted by Crippen LogP contribution is -2.73. The summed E-state index contributed by atoms with van der Waals surface area (Å²) in [6, 6.07) is 7.64. The minimum atomic E-state index is -0.465. The number of hydrogen-bond donors (Lipinski definition) is 0. The van der Waals surface area contributed by atoms with Crippen LogP contribution in [0.4, 0.5) is 4.39 Å². The number of rotatable bonds is 4. The summed E-state index contributed by atoms with van der Waals surface area (Å²) in [7, 11) is 0. The van der Waals surface area contributed by atoms with E-state index in [9.17, 15) is 14.0 Å². The second kappa shape index (κ2) is 5.40. The molecule has 2 amide bonds. The highest BCUT2D eigenvalue weighted by Gasteiger charge is 2.62. The Morgan fingerprint density at radius 3 is 2.50 bits per heavy atom. The number of benzene rings is 1. The smallest absolute Gasteiger partial charge is 0.312 e. The molecule has 0 radical (unpaired) electrons. The molecule has 6 nitrogen and oxygen atoms in total. The maximum absolute atomic E-state index is 13.0. The van der Waals surface area contributed by atoms with Gasteiger partial charge in [0.05, 0.1) is 6.54 Å². The Bertz CT molecular complexity index is 875. The third-order valence-electron chi connectivity index (χ3n) is 5.93. The molecule has 3 saturated carbocycles. The summed E-state index contributed by atoms with van der Waals surface area (Å²) in [5.41, 5.74) is 1.26. The Hall–Kier alpha value is -2.70. The number of carbonyl (C=O) groups excluding carboxylic acids is 2. The SMILES string of the molecule is O=C1C(=O)N(C23CC(C2)C3)CCN1Cc1cc(-c2ccc(F)cc2)on1. The van der Waals surface area contributed by atoms with Gasteiger partial charge in [0, 0.05) is 30.3 Å². The van der Waals surface area contributed by atoms with E-state index in [0.717, 1.165) is 25.2 Å². The molecule has 1 aliphatic heterocycles. The first kappa shape index (κ1) is 15.5. The lowest BCUT2D eigenvalue weighted by Gasteiger charge is -2.66. The number of nitrogens with zero attached hydrogens (tertiary/aromatic N) is 3.